The first-order valence-corrected chi connectivity index (χ1v) is 14.6. The van der Waals surface area contributed by atoms with Crippen LogP contribution in [0.4, 0.5) is 0 Å². The van der Waals surface area contributed by atoms with Crippen LogP contribution in [0.3, 0.4) is 0 Å². The van der Waals surface area contributed by atoms with E-state index in [2.05, 4.69) is 91.4 Å². The van der Waals surface area contributed by atoms with Crippen molar-refractivity contribution in [2.75, 3.05) is 0 Å². The van der Waals surface area contributed by atoms with Crippen LogP contribution in [0.5, 0.6) is 0 Å². The molecule has 0 spiro atoms. The molecule has 0 aliphatic carbocycles. The Morgan fingerprint density at radius 2 is 1.33 bits per heavy atom. The van der Waals surface area contributed by atoms with E-state index >= 15 is 0 Å². The fraction of sp³-hybridized carbons (Fsp3) is 0.839. The van der Waals surface area contributed by atoms with Crippen LogP contribution in [0.1, 0.15) is 114 Å². The monoisotopic (exact) mass is 507 g/mol. The lowest BCUT2D eigenvalue weighted by Gasteiger charge is -2.32. The summed E-state index contributed by atoms with van der Waals surface area (Å²) in [4.78, 5) is 13.1. The second kappa shape index (κ2) is 17.9. The Hall–Kier alpha value is -1.49. The number of allylic oxidation sites excluding steroid dienone is 1. The predicted molar refractivity (Wildman–Crippen MR) is 157 cm³/mol. The van der Waals surface area contributed by atoms with Gasteiger partial charge in [-0.3, -0.25) is 4.79 Å². The highest BCUT2D eigenvalue weighted by Crippen LogP contribution is 2.25. The SMILES string of the molecule is C=C(N[C@@H](CC(C)C)C(O)CC(C)C(=O)N[C@@H](CC(C)C)C(=C)NC(C)C)C(C)CC(CC)CCC. The summed E-state index contributed by atoms with van der Waals surface area (Å²) in [7, 11) is 0. The highest BCUT2D eigenvalue weighted by molar-refractivity contribution is 5.79. The smallest absolute Gasteiger partial charge is 0.223 e. The molecule has 1 amide bonds. The molecule has 0 rings (SSSR count). The van der Waals surface area contributed by atoms with Gasteiger partial charge in [-0.05, 0) is 63.2 Å². The van der Waals surface area contributed by atoms with Crippen molar-refractivity contribution in [1.82, 2.24) is 16.0 Å². The van der Waals surface area contributed by atoms with E-state index in [1.165, 1.54) is 19.3 Å². The van der Waals surface area contributed by atoms with E-state index in [1.54, 1.807) is 0 Å². The van der Waals surface area contributed by atoms with Crippen molar-refractivity contribution >= 4 is 5.91 Å². The van der Waals surface area contributed by atoms with Crippen LogP contribution in [0, 0.1) is 29.6 Å². The lowest BCUT2D eigenvalue weighted by molar-refractivity contribution is -0.126. The van der Waals surface area contributed by atoms with Crippen molar-refractivity contribution in [3.05, 3.63) is 24.6 Å². The number of hydrogen-bond donors (Lipinski definition) is 4. The minimum Gasteiger partial charge on any atom is -0.391 e. The van der Waals surface area contributed by atoms with E-state index in [1.807, 2.05) is 6.92 Å². The molecule has 36 heavy (non-hydrogen) atoms. The average molecular weight is 508 g/mol. The minimum atomic E-state index is -0.629. The molecule has 0 fully saturated rings. The molecule has 0 aromatic heterocycles. The van der Waals surface area contributed by atoms with Gasteiger partial charge < -0.3 is 21.1 Å². The van der Waals surface area contributed by atoms with Crippen LogP contribution in [-0.4, -0.2) is 35.2 Å². The molecule has 0 bridgehead atoms. The summed E-state index contributed by atoms with van der Waals surface area (Å²) in [6.07, 6.45) is 6.19. The molecular formula is C31H61N3O2. The Morgan fingerprint density at radius 3 is 1.81 bits per heavy atom. The number of aliphatic hydroxyl groups is 1. The summed E-state index contributed by atoms with van der Waals surface area (Å²) in [5.74, 6) is 1.57. The zero-order valence-electron chi connectivity index (χ0n) is 25.4. The van der Waals surface area contributed by atoms with Crippen molar-refractivity contribution in [3.63, 3.8) is 0 Å². The lowest BCUT2D eigenvalue weighted by atomic mass is 9.87. The van der Waals surface area contributed by atoms with E-state index in [0.29, 0.717) is 30.1 Å². The molecule has 0 aliphatic heterocycles. The van der Waals surface area contributed by atoms with Crippen molar-refractivity contribution in [2.24, 2.45) is 29.6 Å². The van der Waals surface area contributed by atoms with Gasteiger partial charge in [0, 0.05) is 23.4 Å². The molecule has 4 N–H and O–H groups in total. The number of nitrogens with one attached hydrogen (secondary N) is 3. The number of hydrogen-bond acceptors (Lipinski definition) is 4. The molecule has 0 radical (unpaired) electrons. The third kappa shape index (κ3) is 14.3. The minimum absolute atomic E-state index is 0.0350. The average Bonchev–Trinajstić information content (AvgIpc) is 2.76. The second-order valence-corrected chi connectivity index (χ2v) is 12.3. The molecule has 6 atom stereocenters. The molecule has 0 saturated carbocycles. The van der Waals surface area contributed by atoms with Gasteiger partial charge in [-0.1, -0.05) is 87.8 Å². The summed E-state index contributed by atoms with van der Waals surface area (Å²) < 4.78 is 0. The summed E-state index contributed by atoms with van der Waals surface area (Å²) in [5.41, 5.74) is 1.84. The summed E-state index contributed by atoms with van der Waals surface area (Å²) in [5, 5.41) is 21.3. The topological polar surface area (TPSA) is 73.4 Å². The largest absolute Gasteiger partial charge is 0.391 e. The molecule has 0 heterocycles. The predicted octanol–water partition coefficient (Wildman–Crippen LogP) is 6.79. The third-order valence-corrected chi connectivity index (χ3v) is 7.08. The number of carbonyl (C=O) groups is 1. The Balaban J connectivity index is 5.23. The Kier molecular flexibility index (Phi) is 17.1. The first-order chi connectivity index (χ1) is 16.7. The Labute approximate surface area is 224 Å². The van der Waals surface area contributed by atoms with Crippen LogP contribution in [0.25, 0.3) is 0 Å². The van der Waals surface area contributed by atoms with Gasteiger partial charge in [0.05, 0.1) is 18.2 Å². The lowest BCUT2D eigenvalue weighted by Crippen LogP contribution is -2.46. The number of amides is 1. The van der Waals surface area contributed by atoms with Crippen molar-refractivity contribution in [2.45, 2.75) is 138 Å². The van der Waals surface area contributed by atoms with E-state index in [9.17, 15) is 9.90 Å². The van der Waals surface area contributed by atoms with E-state index in [4.69, 9.17) is 0 Å². The molecular weight excluding hydrogens is 446 g/mol. The first kappa shape index (κ1) is 34.5. The van der Waals surface area contributed by atoms with Gasteiger partial charge in [0.2, 0.25) is 5.91 Å². The Bertz CT molecular complexity index is 644. The maximum absolute atomic E-state index is 13.1. The van der Waals surface area contributed by atoms with Crippen LogP contribution in [-0.2, 0) is 4.79 Å². The molecule has 5 heteroatoms. The van der Waals surface area contributed by atoms with Crippen molar-refractivity contribution < 1.29 is 9.90 Å². The molecule has 0 aromatic rings. The summed E-state index contributed by atoms with van der Waals surface area (Å²) >= 11 is 0. The zero-order chi connectivity index (χ0) is 28.0. The van der Waals surface area contributed by atoms with E-state index in [0.717, 1.165) is 30.7 Å². The summed E-state index contributed by atoms with van der Waals surface area (Å²) in [6.45, 7) is 29.9. The van der Waals surface area contributed by atoms with Crippen LogP contribution in [0.2, 0.25) is 0 Å². The third-order valence-electron chi connectivity index (χ3n) is 7.08. The number of rotatable bonds is 20. The molecule has 0 saturated heterocycles. The van der Waals surface area contributed by atoms with Crippen LogP contribution in [0.15, 0.2) is 24.6 Å². The molecule has 5 nitrogen and oxygen atoms in total. The molecule has 0 aromatic carbocycles. The van der Waals surface area contributed by atoms with Gasteiger partial charge in [-0.25, -0.2) is 0 Å². The van der Waals surface area contributed by atoms with E-state index < -0.39 is 6.10 Å². The standard InChI is InChI=1S/C31H61N3O2/c1-13-15-27(14-2)18-23(9)25(11)33-29(17-21(5)6)30(35)19-24(10)31(36)34-28(16-20(3)4)26(12)32-22(7)8/h20-24,27-30,32-33,35H,11-19H2,1-10H3,(H,34,36)/t23?,24?,27?,28-,29-,30?/m0/s1. The van der Waals surface area contributed by atoms with Gasteiger partial charge in [0.25, 0.3) is 0 Å². The van der Waals surface area contributed by atoms with Crippen molar-refractivity contribution in [3.8, 4) is 0 Å². The quantitative estimate of drug-likeness (QED) is 0.146. The van der Waals surface area contributed by atoms with Crippen LogP contribution < -0.4 is 16.0 Å². The van der Waals surface area contributed by atoms with Gasteiger partial charge in [0.1, 0.15) is 0 Å². The van der Waals surface area contributed by atoms with Crippen molar-refractivity contribution in [1.29, 1.82) is 0 Å². The zero-order valence-corrected chi connectivity index (χ0v) is 25.4. The van der Waals surface area contributed by atoms with Crippen LogP contribution >= 0.6 is 0 Å². The molecule has 4 unspecified atom stereocenters. The van der Waals surface area contributed by atoms with E-state index in [-0.39, 0.29) is 30.0 Å². The van der Waals surface area contributed by atoms with Gasteiger partial charge in [-0.15, -0.1) is 0 Å². The highest BCUT2D eigenvalue weighted by Gasteiger charge is 2.28. The maximum atomic E-state index is 13.1. The maximum Gasteiger partial charge on any atom is 0.223 e. The number of carbonyl (C=O) groups excluding carboxylic acids is 1. The van der Waals surface area contributed by atoms with Gasteiger partial charge in [0.15, 0.2) is 0 Å². The number of aliphatic hydroxyl groups excluding tert-OH is 1. The fourth-order valence-corrected chi connectivity index (χ4v) is 4.92. The fourth-order valence-electron chi connectivity index (χ4n) is 4.92. The highest BCUT2D eigenvalue weighted by atomic mass is 16.3. The molecule has 212 valence electrons. The van der Waals surface area contributed by atoms with Gasteiger partial charge >= 0.3 is 0 Å². The van der Waals surface area contributed by atoms with Gasteiger partial charge in [-0.2, -0.15) is 0 Å². The first-order valence-electron chi connectivity index (χ1n) is 14.6. The normalized spacial score (nSPS) is 16.8. The Morgan fingerprint density at radius 1 is 0.750 bits per heavy atom. The summed E-state index contributed by atoms with van der Waals surface area (Å²) in [6, 6.07) is 0.0149. The molecule has 0 aliphatic rings. The second-order valence-electron chi connectivity index (χ2n) is 12.3.